The first-order valence-corrected chi connectivity index (χ1v) is 6.67. The smallest absolute Gasteiger partial charge is 0.329 e. The zero-order chi connectivity index (χ0) is 11.8. The molecule has 1 aliphatic carbocycles. The second-order valence-corrected chi connectivity index (χ2v) is 6.48. The number of carboxylic acid groups (broad SMARTS) is 1. The number of aliphatic carboxylic acids is 1. The Kier molecular flexibility index (Phi) is 2.90. The Morgan fingerprint density at radius 3 is 2.31 bits per heavy atom. The third-order valence-corrected chi connectivity index (χ3v) is 5.19. The predicted molar refractivity (Wildman–Crippen MR) is 62.5 cm³/mol. The van der Waals surface area contributed by atoms with Gasteiger partial charge in [-0.3, -0.25) is 4.79 Å². The molecule has 1 saturated carbocycles. The lowest BCUT2D eigenvalue weighted by molar-refractivity contribution is -0.152. The molecule has 1 heterocycles. The second kappa shape index (κ2) is 3.95. The maximum absolute atomic E-state index is 12.1. The zero-order valence-electron chi connectivity index (χ0n) is 9.41. The molecule has 2 aliphatic rings. The number of hydrogen-bond donors (Lipinski definition) is 2. The van der Waals surface area contributed by atoms with E-state index >= 15 is 0 Å². The molecule has 2 fully saturated rings. The number of rotatable bonds is 3. The summed E-state index contributed by atoms with van der Waals surface area (Å²) in [5, 5.41) is 11.9. The summed E-state index contributed by atoms with van der Waals surface area (Å²) in [6.45, 7) is 1.91. The van der Waals surface area contributed by atoms with E-state index < -0.39 is 16.3 Å². The van der Waals surface area contributed by atoms with Gasteiger partial charge in [-0.2, -0.15) is 0 Å². The Bertz CT molecular complexity index is 319. The van der Waals surface area contributed by atoms with Gasteiger partial charge in [0.1, 0.15) is 5.54 Å². The Morgan fingerprint density at radius 2 is 1.94 bits per heavy atom. The number of carboxylic acids is 1. The maximum atomic E-state index is 12.1. The van der Waals surface area contributed by atoms with Crippen molar-refractivity contribution in [3.63, 3.8) is 0 Å². The van der Waals surface area contributed by atoms with E-state index in [2.05, 4.69) is 5.32 Å². The highest BCUT2D eigenvalue weighted by atomic mass is 32.2. The third kappa shape index (κ3) is 1.81. The van der Waals surface area contributed by atoms with Crippen LogP contribution in [0.5, 0.6) is 0 Å². The lowest BCUT2D eigenvalue weighted by atomic mass is 9.76. The molecule has 0 aromatic rings. The molecule has 0 aromatic carbocycles. The molecule has 90 valence electrons. The molecule has 0 bridgehead atoms. The van der Waals surface area contributed by atoms with E-state index in [9.17, 15) is 9.59 Å². The molecule has 5 heteroatoms. The summed E-state index contributed by atoms with van der Waals surface area (Å²) in [6.07, 6.45) is 3.90. The molecule has 0 radical (unpaired) electrons. The number of carbonyl (C=O) groups excluding carboxylic acids is 1. The van der Waals surface area contributed by atoms with Gasteiger partial charge in [0, 0.05) is 0 Å². The molecule has 1 amide bonds. The van der Waals surface area contributed by atoms with Crippen LogP contribution in [0, 0.1) is 0 Å². The highest BCUT2D eigenvalue weighted by molar-refractivity contribution is 8.01. The topological polar surface area (TPSA) is 66.4 Å². The second-order valence-electron chi connectivity index (χ2n) is 4.88. The van der Waals surface area contributed by atoms with Crippen LogP contribution >= 0.6 is 11.8 Å². The average molecular weight is 243 g/mol. The summed E-state index contributed by atoms with van der Waals surface area (Å²) < 4.78 is -0.419. The van der Waals surface area contributed by atoms with Gasteiger partial charge >= 0.3 is 5.97 Å². The monoisotopic (exact) mass is 243 g/mol. The standard InChI is InChI=1S/C11H17NO3S/c1-10(4-3-7-16-10)8(13)12-11(9(14)15)5-2-6-11/h2-7H2,1H3,(H,12,13)(H,14,15). The first kappa shape index (κ1) is 11.8. The molecule has 1 unspecified atom stereocenters. The quantitative estimate of drug-likeness (QED) is 0.786. The van der Waals surface area contributed by atoms with Crippen molar-refractivity contribution in [1.29, 1.82) is 0 Å². The Hall–Kier alpha value is -0.710. The molecule has 0 aromatic heterocycles. The Morgan fingerprint density at radius 1 is 1.25 bits per heavy atom. The summed E-state index contributed by atoms with van der Waals surface area (Å²) in [4.78, 5) is 23.2. The Labute approximate surface area is 99.2 Å². The summed E-state index contributed by atoms with van der Waals surface area (Å²) in [5.41, 5.74) is -0.969. The van der Waals surface area contributed by atoms with E-state index in [1.165, 1.54) is 0 Å². The van der Waals surface area contributed by atoms with Gasteiger partial charge in [0.25, 0.3) is 0 Å². The van der Waals surface area contributed by atoms with Crippen LogP contribution in [-0.4, -0.2) is 33.0 Å². The minimum Gasteiger partial charge on any atom is -0.480 e. The lowest BCUT2D eigenvalue weighted by Gasteiger charge is -2.40. The van der Waals surface area contributed by atoms with Crippen LogP contribution < -0.4 is 5.32 Å². The minimum atomic E-state index is -0.969. The molecule has 2 rings (SSSR count). The molecule has 1 aliphatic heterocycles. The van der Waals surface area contributed by atoms with E-state index in [4.69, 9.17) is 5.11 Å². The summed E-state index contributed by atoms with van der Waals surface area (Å²) in [5.74, 6) is 0.0000680. The normalized spacial score (nSPS) is 31.8. The first-order chi connectivity index (χ1) is 7.49. The van der Waals surface area contributed by atoms with Crippen LogP contribution in [0.4, 0.5) is 0 Å². The van der Waals surface area contributed by atoms with Crippen molar-refractivity contribution in [2.45, 2.75) is 49.3 Å². The number of hydrogen-bond acceptors (Lipinski definition) is 3. The van der Waals surface area contributed by atoms with Crippen molar-refractivity contribution in [3.8, 4) is 0 Å². The van der Waals surface area contributed by atoms with Gasteiger partial charge < -0.3 is 10.4 Å². The maximum Gasteiger partial charge on any atom is 0.329 e. The number of nitrogens with one attached hydrogen (secondary N) is 1. The van der Waals surface area contributed by atoms with Crippen LogP contribution in [0.2, 0.25) is 0 Å². The van der Waals surface area contributed by atoms with Crippen molar-refractivity contribution >= 4 is 23.6 Å². The van der Waals surface area contributed by atoms with Crippen molar-refractivity contribution < 1.29 is 14.7 Å². The molecule has 4 nitrogen and oxygen atoms in total. The number of carbonyl (C=O) groups is 2. The fourth-order valence-corrected chi connectivity index (χ4v) is 3.44. The molecular weight excluding hydrogens is 226 g/mol. The fraction of sp³-hybridized carbons (Fsp3) is 0.818. The highest BCUT2D eigenvalue weighted by Gasteiger charge is 2.49. The largest absolute Gasteiger partial charge is 0.480 e. The van der Waals surface area contributed by atoms with Crippen molar-refractivity contribution in [2.75, 3.05) is 5.75 Å². The van der Waals surface area contributed by atoms with Crippen molar-refractivity contribution in [1.82, 2.24) is 5.32 Å². The summed E-state index contributed by atoms with van der Waals surface area (Å²) >= 11 is 1.63. The highest BCUT2D eigenvalue weighted by Crippen LogP contribution is 2.40. The average Bonchev–Trinajstić information content (AvgIpc) is 2.59. The minimum absolute atomic E-state index is 0.0999. The van der Waals surface area contributed by atoms with Gasteiger partial charge in [0.2, 0.25) is 5.91 Å². The van der Waals surface area contributed by atoms with E-state index in [1.807, 2.05) is 6.92 Å². The molecular formula is C11H17NO3S. The molecule has 1 saturated heterocycles. The molecule has 2 N–H and O–H groups in total. The molecule has 1 atom stereocenters. The van der Waals surface area contributed by atoms with Gasteiger partial charge in [0.05, 0.1) is 4.75 Å². The predicted octanol–water partition coefficient (Wildman–Crippen LogP) is 1.40. The van der Waals surface area contributed by atoms with E-state index in [-0.39, 0.29) is 5.91 Å². The fourth-order valence-electron chi connectivity index (χ4n) is 2.23. The van der Waals surface area contributed by atoms with Crippen LogP contribution in [-0.2, 0) is 9.59 Å². The lowest BCUT2D eigenvalue weighted by Crippen LogP contribution is -2.62. The van der Waals surface area contributed by atoms with Crippen LogP contribution in [0.1, 0.15) is 39.0 Å². The van der Waals surface area contributed by atoms with Crippen LogP contribution in [0.15, 0.2) is 0 Å². The van der Waals surface area contributed by atoms with Crippen molar-refractivity contribution in [2.24, 2.45) is 0 Å². The number of amides is 1. The SMILES string of the molecule is CC1(C(=O)NC2(C(=O)O)CCC2)CCCS1. The third-order valence-electron chi connectivity index (χ3n) is 3.67. The molecule has 0 spiro atoms. The van der Waals surface area contributed by atoms with E-state index in [1.54, 1.807) is 11.8 Å². The van der Waals surface area contributed by atoms with Crippen LogP contribution in [0.3, 0.4) is 0 Å². The van der Waals surface area contributed by atoms with Gasteiger partial charge in [-0.15, -0.1) is 11.8 Å². The summed E-state index contributed by atoms with van der Waals surface area (Å²) in [6, 6.07) is 0. The van der Waals surface area contributed by atoms with Gasteiger partial charge in [-0.1, -0.05) is 0 Å². The van der Waals surface area contributed by atoms with Crippen LogP contribution in [0.25, 0.3) is 0 Å². The summed E-state index contributed by atoms with van der Waals surface area (Å²) in [7, 11) is 0. The van der Waals surface area contributed by atoms with E-state index in [0.29, 0.717) is 12.8 Å². The number of thioether (sulfide) groups is 1. The Balaban J connectivity index is 2.03. The molecule has 16 heavy (non-hydrogen) atoms. The van der Waals surface area contributed by atoms with Gasteiger partial charge in [0.15, 0.2) is 0 Å². The van der Waals surface area contributed by atoms with E-state index in [0.717, 1.165) is 25.0 Å². The van der Waals surface area contributed by atoms with Crippen molar-refractivity contribution in [3.05, 3.63) is 0 Å². The van der Waals surface area contributed by atoms with Gasteiger partial charge in [-0.25, -0.2) is 4.79 Å². The zero-order valence-corrected chi connectivity index (χ0v) is 10.2. The first-order valence-electron chi connectivity index (χ1n) is 5.69. The van der Waals surface area contributed by atoms with Gasteiger partial charge in [-0.05, 0) is 44.8 Å².